The number of hydrogen-bond donors (Lipinski definition) is 3. The predicted octanol–water partition coefficient (Wildman–Crippen LogP) is 3.59. The fraction of sp³-hybridized carbons (Fsp3) is 0.421. The number of nitrogens with one attached hydrogen (secondary N) is 3. The van der Waals surface area contributed by atoms with Crippen molar-refractivity contribution in [2.24, 2.45) is 5.41 Å². The van der Waals surface area contributed by atoms with Crippen LogP contribution in [0.15, 0.2) is 79.3 Å². The van der Waals surface area contributed by atoms with Gasteiger partial charge in [-0.05, 0) is 61.6 Å². The molecule has 4 amide bonds. The van der Waals surface area contributed by atoms with Gasteiger partial charge in [0.2, 0.25) is 17.6 Å². The first-order valence-corrected chi connectivity index (χ1v) is 17.4. The van der Waals surface area contributed by atoms with Crippen molar-refractivity contribution in [2.75, 3.05) is 26.7 Å². The molecule has 52 heavy (non-hydrogen) atoms. The topological polar surface area (TPSA) is 150 Å². The van der Waals surface area contributed by atoms with E-state index in [0.717, 1.165) is 11.1 Å². The summed E-state index contributed by atoms with van der Waals surface area (Å²) in [6.45, 7) is 7.87. The molecule has 0 aliphatic carbocycles. The minimum Gasteiger partial charge on any atom is -0.445 e. The molecule has 0 bridgehead atoms. The molecule has 4 aromatic rings. The van der Waals surface area contributed by atoms with Crippen molar-refractivity contribution in [1.29, 1.82) is 0 Å². The Labute approximate surface area is 302 Å². The zero-order valence-corrected chi connectivity index (χ0v) is 30.2. The van der Waals surface area contributed by atoms with Crippen LogP contribution in [0.2, 0.25) is 0 Å². The number of rotatable bonds is 13. The molecule has 0 saturated carbocycles. The number of likely N-dealkylation sites (tertiary alicyclic amines) is 1. The molecule has 2 aromatic heterocycles. The van der Waals surface area contributed by atoms with Gasteiger partial charge in [0.15, 0.2) is 0 Å². The van der Waals surface area contributed by atoms with E-state index in [1.807, 2.05) is 51.1 Å². The highest BCUT2D eigenvalue weighted by Crippen LogP contribution is 2.27. The number of imidazole rings is 1. The van der Waals surface area contributed by atoms with Crippen molar-refractivity contribution >= 4 is 29.6 Å². The van der Waals surface area contributed by atoms with Crippen LogP contribution in [0.25, 0.3) is 5.78 Å². The lowest BCUT2D eigenvalue weighted by Crippen LogP contribution is -2.59. The Hall–Kier alpha value is -5.37. The van der Waals surface area contributed by atoms with Crippen molar-refractivity contribution in [3.8, 4) is 0 Å². The van der Waals surface area contributed by atoms with Gasteiger partial charge in [0.25, 0.3) is 5.91 Å². The van der Waals surface area contributed by atoms with Crippen molar-refractivity contribution in [1.82, 2.24) is 40.1 Å². The van der Waals surface area contributed by atoms with Crippen LogP contribution in [0, 0.1) is 11.2 Å². The van der Waals surface area contributed by atoms with E-state index in [1.165, 1.54) is 12.1 Å². The van der Waals surface area contributed by atoms with Crippen LogP contribution in [-0.4, -0.2) is 98.8 Å². The predicted molar refractivity (Wildman–Crippen MR) is 193 cm³/mol. The number of carbonyl (C=O) groups excluding carboxylic acids is 4. The van der Waals surface area contributed by atoms with E-state index in [9.17, 15) is 23.6 Å². The van der Waals surface area contributed by atoms with Crippen LogP contribution in [0.1, 0.15) is 55.7 Å². The van der Waals surface area contributed by atoms with Crippen LogP contribution in [0.3, 0.4) is 0 Å². The number of hydrogen-bond acceptors (Lipinski definition) is 8. The Bertz CT molecular complexity index is 1810. The van der Waals surface area contributed by atoms with Gasteiger partial charge in [0.1, 0.15) is 24.2 Å². The summed E-state index contributed by atoms with van der Waals surface area (Å²) in [6.07, 6.45) is 5.03. The van der Waals surface area contributed by atoms with Gasteiger partial charge >= 0.3 is 6.09 Å². The molecular formula is C38H47FN8O5. The third-order valence-electron chi connectivity index (χ3n) is 9.21. The maximum absolute atomic E-state index is 14.5. The average molecular weight is 715 g/mol. The molecule has 0 spiro atoms. The van der Waals surface area contributed by atoms with Gasteiger partial charge in [-0.3, -0.25) is 18.8 Å². The Morgan fingerprint density at radius 2 is 1.77 bits per heavy atom. The SMILES string of the molecule is CNC(C)C(=O)NC(C(=O)N1CC(NC(=O)OCc2ccccc2)CC1CN(CCc1ccc(F)cc1)C(=O)c1cn2cccnc2n1)C(C)(C)C. The molecule has 3 N–H and O–H groups in total. The van der Waals surface area contributed by atoms with E-state index in [1.54, 1.807) is 65.0 Å². The highest BCUT2D eigenvalue weighted by atomic mass is 19.1. The summed E-state index contributed by atoms with van der Waals surface area (Å²) in [7, 11) is 1.67. The third-order valence-corrected chi connectivity index (χ3v) is 9.21. The van der Waals surface area contributed by atoms with Gasteiger partial charge in [0, 0.05) is 38.2 Å². The molecule has 1 fully saturated rings. The van der Waals surface area contributed by atoms with Crippen LogP contribution >= 0.6 is 0 Å². The molecule has 3 heterocycles. The van der Waals surface area contributed by atoms with Crippen LogP contribution in [0.5, 0.6) is 0 Å². The van der Waals surface area contributed by atoms with Crippen molar-refractivity contribution in [2.45, 2.75) is 71.3 Å². The molecule has 4 unspecified atom stereocenters. The smallest absolute Gasteiger partial charge is 0.407 e. The second kappa shape index (κ2) is 16.8. The zero-order valence-electron chi connectivity index (χ0n) is 30.2. The number of fused-ring (bicyclic) bond motifs is 1. The lowest BCUT2D eigenvalue weighted by atomic mass is 9.85. The second-order valence-electron chi connectivity index (χ2n) is 14.2. The van der Waals surface area contributed by atoms with Crippen molar-refractivity contribution < 1.29 is 28.3 Å². The van der Waals surface area contributed by atoms with Crippen LogP contribution < -0.4 is 16.0 Å². The summed E-state index contributed by atoms with van der Waals surface area (Å²) < 4.78 is 20.8. The van der Waals surface area contributed by atoms with E-state index in [2.05, 4.69) is 25.9 Å². The number of aromatic nitrogens is 3. The van der Waals surface area contributed by atoms with E-state index >= 15 is 0 Å². The Balaban J connectivity index is 1.42. The standard InChI is InChI=1S/C38H47FN8O5/c1-25(40-5)33(48)44-32(38(2,3)4)35(50)47-21-29(42-37(51)52-24-27-10-7-6-8-11-27)20-30(47)22-45(19-16-26-12-14-28(39)15-13-26)34(49)31-23-46-18-9-17-41-36(46)43-31/h6-15,17-18,23,25,29-30,32,40H,16,19-22,24H2,1-5H3,(H,42,51)(H,44,48). The highest BCUT2D eigenvalue weighted by molar-refractivity contribution is 5.93. The summed E-state index contributed by atoms with van der Waals surface area (Å²) in [5.41, 5.74) is 1.15. The first kappa shape index (κ1) is 37.9. The summed E-state index contributed by atoms with van der Waals surface area (Å²) in [5.74, 6) is -1.04. The Kier molecular flexibility index (Phi) is 12.2. The van der Waals surface area contributed by atoms with Gasteiger partial charge in [0.05, 0.1) is 18.1 Å². The van der Waals surface area contributed by atoms with E-state index in [4.69, 9.17) is 4.74 Å². The highest BCUT2D eigenvalue weighted by Gasteiger charge is 2.44. The normalized spacial score (nSPS) is 17.0. The van der Waals surface area contributed by atoms with Gasteiger partial charge in [-0.25, -0.2) is 19.2 Å². The minimum atomic E-state index is -0.907. The van der Waals surface area contributed by atoms with Gasteiger partial charge in [-0.2, -0.15) is 0 Å². The molecule has 2 aromatic carbocycles. The molecular weight excluding hydrogens is 667 g/mol. The summed E-state index contributed by atoms with van der Waals surface area (Å²) in [5, 5.41) is 8.75. The number of carbonyl (C=O) groups is 4. The number of alkyl carbamates (subject to hydrolysis) is 1. The summed E-state index contributed by atoms with van der Waals surface area (Å²) >= 11 is 0. The molecule has 276 valence electrons. The number of likely N-dealkylation sites (N-methyl/N-ethyl adjacent to an activating group) is 1. The lowest BCUT2D eigenvalue weighted by Gasteiger charge is -2.37. The molecule has 1 aliphatic rings. The quantitative estimate of drug-likeness (QED) is 0.190. The Morgan fingerprint density at radius 1 is 1.04 bits per heavy atom. The molecule has 1 saturated heterocycles. The molecule has 5 rings (SSSR count). The lowest BCUT2D eigenvalue weighted by molar-refractivity contribution is -0.140. The number of nitrogens with zero attached hydrogens (tertiary/aromatic N) is 5. The first-order chi connectivity index (χ1) is 24.8. The zero-order chi connectivity index (χ0) is 37.4. The largest absolute Gasteiger partial charge is 0.445 e. The monoisotopic (exact) mass is 714 g/mol. The molecule has 4 atom stereocenters. The molecule has 13 nitrogen and oxygen atoms in total. The Morgan fingerprint density at radius 3 is 2.44 bits per heavy atom. The molecule has 14 heteroatoms. The number of amides is 4. The van der Waals surface area contributed by atoms with E-state index in [-0.39, 0.29) is 55.5 Å². The van der Waals surface area contributed by atoms with Crippen LogP contribution in [0.4, 0.5) is 9.18 Å². The third kappa shape index (κ3) is 9.69. The summed E-state index contributed by atoms with van der Waals surface area (Å²) in [4.78, 5) is 66.7. The molecule has 0 radical (unpaired) electrons. The van der Waals surface area contributed by atoms with E-state index in [0.29, 0.717) is 18.6 Å². The second-order valence-corrected chi connectivity index (χ2v) is 14.2. The van der Waals surface area contributed by atoms with Gasteiger partial charge in [-0.15, -0.1) is 0 Å². The summed E-state index contributed by atoms with van der Waals surface area (Å²) in [6, 6.07) is 14.6. The number of ether oxygens (including phenoxy) is 1. The van der Waals surface area contributed by atoms with Gasteiger partial charge in [-0.1, -0.05) is 63.2 Å². The maximum Gasteiger partial charge on any atom is 0.407 e. The maximum atomic E-state index is 14.5. The average Bonchev–Trinajstić information content (AvgIpc) is 3.75. The van der Waals surface area contributed by atoms with Crippen LogP contribution in [-0.2, 0) is 27.4 Å². The fourth-order valence-electron chi connectivity index (χ4n) is 6.15. The number of halogens is 1. The van der Waals surface area contributed by atoms with E-state index < -0.39 is 35.7 Å². The van der Waals surface area contributed by atoms with Gasteiger partial charge < -0.3 is 30.5 Å². The fourth-order valence-corrected chi connectivity index (χ4v) is 6.15. The number of benzene rings is 2. The molecule has 1 aliphatic heterocycles. The first-order valence-electron chi connectivity index (χ1n) is 17.4. The van der Waals surface area contributed by atoms with Crippen molar-refractivity contribution in [3.63, 3.8) is 0 Å². The minimum absolute atomic E-state index is 0.0762. The van der Waals surface area contributed by atoms with Crippen molar-refractivity contribution in [3.05, 3.63) is 102 Å².